The summed E-state index contributed by atoms with van der Waals surface area (Å²) in [6, 6.07) is 4.98. The lowest BCUT2D eigenvalue weighted by Crippen LogP contribution is -2.42. The lowest BCUT2D eigenvalue weighted by Gasteiger charge is -2.37. The Bertz CT molecular complexity index is 364. The molecule has 0 spiro atoms. The van der Waals surface area contributed by atoms with Crippen LogP contribution in [-0.2, 0) is 6.42 Å². The van der Waals surface area contributed by atoms with Crippen LogP contribution in [0.15, 0.2) is 12.1 Å². The molecule has 1 aromatic rings. The highest BCUT2D eigenvalue weighted by Crippen LogP contribution is 2.31. The minimum atomic E-state index is 0.435. The van der Waals surface area contributed by atoms with Gasteiger partial charge in [0, 0.05) is 40.4 Å². The van der Waals surface area contributed by atoms with Crippen LogP contribution >= 0.6 is 23.1 Å². The Morgan fingerprint density at radius 2 is 2.28 bits per heavy atom. The minimum absolute atomic E-state index is 0.435. The first-order valence-electron chi connectivity index (χ1n) is 6.92. The van der Waals surface area contributed by atoms with Gasteiger partial charge in [0.2, 0.25) is 0 Å². The molecule has 4 heteroatoms. The Labute approximate surface area is 119 Å². The average molecular weight is 284 g/mol. The molecule has 0 radical (unpaired) electrons. The smallest absolute Gasteiger partial charge is 0.0565 e. The van der Waals surface area contributed by atoms with Crippen molar-refractivity contribution >= 4 is 23.1 Å². The van der Waals surface area contributed by atoms with Crippen molar-refractivity contribution in [2.75, 3.05) is 25.4 Å². The second kappa shape index (κ2) is 6.94. The Balaban J connectivity index is 2.07. The van der Waals surface area contributed by atoms with Crippen molar-refractivity contribution in [1.29, 1.82) is 0 Å². The van der Waals surface area contributed by atoms with Crippen molar-refractivity contribution in [3.8, 4) is 0 Å². The summed E-state index contributed by atoms with van der Waals surface area (Å²) in [5, 5.41) is 0.790. The van der Waals surface area contributed by atoms with Crippen LogP contribution < -0.4 is 5.73 Å². The highest BCUT2D eigenvalue weighted by Gasteiger charge is 2.26. The number of aryl methyl sites for hydroxylation is 1. The van der Waals surface area contributed by atoms with Gasteiger partial charge in [-0.3, -0.25) is 4.90 Å². The van der Waals surface area contributed by atoms with Crippen LogP contribution in [0, 0.1) is 0 Å². The molecule has 2 nitrogen and oxygen atoms in total. The molecule has 0 amide bonds. The van der Waals surface area contributed by atoms with Crippen molar-refractivity contribution in [3.05, 3.63) is 21.9 Å². The van der Waals surface area contributed by atoms with Gasteiger partial charge in [0.15, 0.2) is 0 Å². The summed E-state index contributed by atoms with van der Waals surface area (Å²) in [6.45, 7) is 7.63. The van der Waals surface area contributed by atoms with Gasteiger partial charge in [-0.05, 0) is 25.0 Å². The Morgan fingerprint density at radius 3 is 2.89 bits per heavy atom. The van der Waals surface area contributed by atoms with Crippen LogP contribution in [0.4, 0.5) is 0 Å². The van der Waals surface area contributed by atoms with E-state index in [0.717, 1.165) is 18.2 Å². The van der Waals surface area contributed by atoms with Gasteiger partial charge in [-0.15, -0.1) is 11.3 Å². The highest BCUT2D eigenvalue weighted by molar-refractivity contribution is 8.00. The van der Waals surface area contributed by atoms with Crippen molar-refractivity contribution in [2.24, 2.45) is 5.73 Å². The molecule has 102 valence electrons. The summed E-state index contributed by atoms with van der Waals surface area (Å²) >= 11 is 4.06. The van der Waals surface area contributed by atoms with Crippen LogP contribution in [0.25, 0.3) is 0 Å². The van der Waals surface area contributed by atoms with Crippen molar-refractivity contribution in [3.63, 3.8) is 0 Å². The third-order valence-electron chi connectivity index (χ3n) is 3.65. The zero-order valence-corrected chi connectivity index (χ0v) is 13.0. The van der Waals surface area contributed by atoms with E-state index in [9.17, 15) is 0 Å². The molecule has 1 aromatic heterocycles. The predicted molar refractivity (Wildman–Crippen MR) is 83.6 cm³/mol. The maximum absolute atomic E-state index is 6.03. The summed E-state index contributed by atoms with van der Waals surface area (Å²) < 4.78 is 0. The topological polar surface area (TPSA) is 29.3 Å². The fourth-order valence-corrected chi connectivity index (χ4v) is 4.79. The van der Waals surface area contributed by atoms with Gasteiger partial charge in [-0.1, -0.05) is 13.8 Å². The van der Waals surface area contributed by atoms with Crippen LogP contribution in [-0.4, -0.2) is 35.5 Å². The third kappa shape index (κ3) is 3.29. The largest absolute Gasteiger partial charge is 0.329 e. The van der Waals surface area contributed by atoms with Crippen LogP contribution in [0.3, 0.4) is 0 Å². The molecule has 0 bridgehead atoms. The Morgan fingerprint density at radius 1 is 1.44 bits per heavy atom. The van der Waals surface area contributed by atoms with E-state index in [4.69, 9.17) is 5.73 Å². The van der Waals surface area contributed by atoms with E-state index in [1.165, 1.54) is 35.0 Å². The maximum Gasteiger partial charge on any atom is 0.0565 e. The standard InChI is InChI=1S/C14H24N2S2/c1-3-11-5-6-14(18-11)13(9-15)16-7-8-17-12(4-2)10-16/h5-6,12-13H,3-4,7-10,15H2,1-2H3. The fraction of sp³-hybridized carbons (Fsp3) is 0.714. The normalized spacial score (nSPS) is 23.2. The van der Waals surface area contributed by atoms with E-state index in [1.54, 1.807) is 0 Å². The van der Waals surface area contributed by atoms with Crippen LogP contribution in [0.2, 0.25) is 0 Å². The van der Waals surface area contributed by atoms with E-state index in [2.05, 4.69) is 42.6 Å². The number of hydrogen-bond donors (Lipinski definition) is 1. The number of hydrogen-bond acceptors (Lipinski definition) is 4. The summed E-state index contributed by atoms with van der Waals surface area (Å²) in [4.78, 5) is 5.52. The quantitative estimate of drug-likeness (QED) is 0.900. The second-order valence-corrected chi connectivity index (χ2v) is 7.41. The number of thioether (sulfide) groups is 1. The van der Waals surface area contributed by atoms with Gasteiger partial charge in [0.05, 0.1) is 6.04 Å². The summed E-state index contributed by atoms with van der Waals surface area (Å²) in [7, 11) is 0. The number of rotatable bonds is 5. The lowest BCUT2D eigenvalue weighted by molar-refractivity contribution is 0.210. The molecular formula is C14H24N2S2. The molecule has 1 saturated heterocycles. The van der Waals surface area contributed by atoms with Gasteiger partial charge in [0.25, 0.3) is 0 Å². The zero-order chi connectivity index (χ0) is 13.0. The Kier molecular flexibility index (Phi) is 5.55. The van der Waals surface area contributed by atoms with E-state index < -0.39 is 0 Å². The first-order chi connectivity index (χ1) is 8.78. The molecule has 1 fully saturated rings. The van der Waals surface area contributed by atoms with Crippen molar-refractivity contribution in [1.82, 2.24) is 4.90 Å². The van der Waals surface area contributed by atoms with E-state index >= 15 is 0 Å². The predicted octanol–water partition coefficient (Wildman–Crippen LogP) is 3.14. The number of thiophene rings is 1. The molecule has 2 heterocycles. The van der Waals surface area contributed by atoms with Gasteiger partial charge in [-0.25, -0.2) is 0 Å². The number of nitrogens with zero attached hydrogens (tertiary/aromatic N) is 1. The molecule has 0 saturated carbocycles. The summed E-state index contributed by atoms with van der Waals surface area (Å²) in [6.07, 6.45) is 2.40. The SMILES string of the molecule is CCc1ccc(C(CN)N2CCSC(CC)C2)s1. The average Bonchev–Trinajstić information content (AvgIpc) is 2.88. The van der Waals surface area contributed by atoms with Gasteiger partial charge < -0.3 is 5.73 Å². The first-order valence-corrected chi connectivity index (χ1v) is 8.79. The molecule has 2 unspecified atom stereocenters. The third-order valence-corrected chi connectivity index (χ3v) is 6.35. The number of nitrogens with two attached hydrogens (primary N) is 1. The van der Waals surface area contributed by atoms with E-state index in [0.29, 0.717) is 6.04 Å². The van der Waals surface area contributed by atoms with Crippen molar-refractivity contribution in [2.45, 2.75) is 38.0 Å². The summed E-state index contributed by atoms with van der Waals surface area (Å²) in [5.41, 5.74) is 6.03. The fourth-order valence-electron chi connectivity index (χ4n) is 2.48. The van der Waals surface area contributed by atoms with Gasteiger partial charge >= 0.3 is 0 Å². The van der Waals surface area contributed by atoms with Gasteiger partial charge in [-0.2, -0.15) is 11.8 Å². The maximum atomic E-state index is 6.03. The lowest BCUT2D eigenvalue weighted by atomic mass is 10.1. The zero-order valence-electron chi connectivity index (χ0n) is 11.4. The molecule has 2 N–H and O–H groups in total. The molecule has 18 heavy (non-hydrogen) atoms. The minimum Gasteiger partial charge on any atom is -0.329 e. The second-order valence-electron chi connectivity index (χ2n) is 4.81. The molecule has 2 rings (SSSR count). The van der Waals surface area contributed by atoms with Crippen molar-refractivity contribution < 1.29 is 0 Å². The first kappa shape index (κ1) is 14.4. The molecule has 0 aromatic carbocycles. The summed E-state index contributed by atoms with van der Waals surface area (Å²) in [5.74, 6) is 1.25. The van der Waals surface area contributed by atoms with E-state index in [1.807, 2.05) is 11.3 Å². The molecule has 1 aliphatic rings. The Hall–Kier alpha value is -0.0300. The highest BCUT2D eigenvalue weighted by atomic mass is 32.2. The molecular weight excluding hydrogens is 260 g/mol. The van der Waals surface area contributed by atoms with Crippen LogP contribution in [0.1, 0.15) is 36.1 Å². The van der Waals surface area contributed by atoms with Gasteiger partial charge in [0.1, 0.15) is 0 Å². The van der Waals surface area contributed by atoms with E-state index in [-0.39, 0.29) is 0 Å². The van der Waals surface area contributed by atoms with Crippen LogP contribution in [0.5, 0.6) is 0 Å². The monoisotopic (exact) mass is 284 g/mol. The molecule has 1 aliphatic heterocycles. The molecule has 0 aliphatic carbocycles. The molecule has 2 atom stereocenters.